The van der Waals surface area contributed by atoms with E-state index >= 15 is 0 Å². The van der Waals surface area contributed by atoms with Gasteiger partial charge in [0, 0.05) is 19.5 Å². The molecule has 2 aromatic carbocycles. The molecule has 0 fully saturated rings. The number of anilines is 2. The highest BCUT2D eigenvalue weighted by molar-refractivity contribution is 7.92. The number of aryl methyl sites for hydroxylation is 2. The SMILES string of the molecule is Cc1noc(C)c1NC(=O)N(C)C[C@@H]1Oc2c(NS(=O)(=O)c3ccc(F)cc3)cccc2C(=O)N([C@H](C)CO)C[C@@H]1C. The van der Waals surface area contributed by atoms with E-state index in [9.17, 15) is 27.5 Å². The van der Waals surface area contributed by atoms with Crippen LogP contribution in [-0.4, -0.2) is 79.3 Å². The molecule has 4 rings (SSSR count). The lowest BCUT2D eigenvalue weighted by molar-refractivity contribution is 0.0373. The number of carbonyl (C=O) groups is 2. The average Bonchev–Trinajstić information content (AvgIpc) is 3.26. The van der Waals surface area contributed by atoms with Crippen molar-refractivity contribution in [1.82, 2.24) is 15.0 Å². The molecule has 0 saturated heterocycles. The van der Waals surface area contributed by atoms with Crippen LogP contribution in [0.2, 0.25) is 0 Å². The minimum absolute atomic E-state index is 0.0105. The van der Waals surface area contributed by atoms with E-state index < -0.39 is 39.9 Å². The Kier molecular flexibility index (Phi) is 9.06. The molecule has 1 aromatic heterocycles. The summed E-state index contributed by atoms with van der Waals surface area (Å²) in [6.45, 7) is 6.88. The molecule has 0 radical (unpaired) electrons. The molecule has 42 heavy (non-hydrogen) atoms. The summed E-state index contributed by atoms with van der Waals surface area (Å²) in [6, 6.07) is 7.76. The van der Waals surface area contributed by atoms with E-state index in [1.54, 1.807) is 27.8 Å². The molecule has 1 aliphatic rings. The summed E-state index contributed by atoms with van der Waals surface area (Å²) in [5.74, 6) is -0.982. The van der Waals surface area contributed by atoms with Crippen molar-refractivity contribution in [2.24, 2.45) is 5.92 Å². The van der Waals surface area contributed by atoms with Gasteiger partial charge in [0.15, 0.2) is 11.5 Å². The van der Waals surface area contributed by atoms with Crippen molar-refractivity contribution in [3.8, 4) is 5.75 Å². The standard InChI is InChI=1S/C28H34FN5O7S/c1-16-13-34(17(2)15-35)27(36)22-7-6-8-23(32-42(38,39)21-11-9-20(29)10-12-21)26(22)40-24(16)14-33(5)28(37)30-25-18(3)31-41-19(25)4/h6-12,16-17,24,32,35H,13-15H2,1-5H3,(H,30,37)/t16-,17+,24-/m0/s1. The smallest absolute Gasteiger partial charge is 0.321 e. The molecule has 0 saturated carbocycles. The van der Waals surface area contributed by atoms with E-state index in [0.717, 1.165) is 24.3 Å². The summed E-state index contributed by atoms with van der Waals surface area (Å²) < 4.78 is 53.7. The number of nitrogens with zero attached hydrogens (tertiary/aromatic N) is 3. The van der Waals surface area contributed by atoms with Crippen molar-refractivity contribution in [3.05, 3.63) is 65.3 Å². The normalized spacial score (nSPS) is 17.9. The first-order valence-corrected chi connectivity index (χ1v) is 14.8. The van der Waals surface area contributed by atoms with Crippen LogP contribution in [0.25, 0.3) is 0 Å². The molecule has 0 aliphatic carbocycles. The van der Waals surface area contributed by atoms with E-state index in [2.05, 4.69) is 15.2 Å². The van der Waals surface area contributed by atoms with E-state index in [-0.39, 0.29) is 47.5 Å². The number of carbonyl (C=O) groups excluding carboxylic acids is 2. The largest absolute Gasteiger partial charge is 0.485 e. The number of aliphatic hydroxyl groups is 1. The van der Waals surface area contributed by atoms with Crippen molar-refractivity contribution in [1.29, 1.82) is 0 Å². The summed E-state index contributed by atoms with van der Waals surface area (Å²) in [5, 5.41) is 16.5. The number of rotatable bonds is 8. The van der Waals surface area contributed by atoms with Gasteiger partial charge in [-0.3, -0.25) is 9.52 Å². The predicted octanol–water partition coefficient (Wildman–Crippen LogP) is 3.62. The highest BCUT2D eigenvalue weighted by atomic mass is 32.2. The molecule has 3 amide bonds. The zero-order chi connectivity index (χ0) is 30.8. The fraction of sp³-hybridized carbons (Fsp3) is 0.393. The second kappa shape index (κ2) is 12.4. The van der Waals surface area contributed by atoms with Crippen LogP contribution in [-0.2, 0) is 10.0 Å². The first kappa shape index (κ1) is 30.8. The van der Waals surface area contributed by atoms with Crippen molar-refractivity contribution in [2.75, 3.05) is 36.8 Å². The van der Waals surface area contributed by atoms with E-state index in [1.807, 2.05) is 6.92 Å². The molecule has 0 unspecified atom stereocenters. The maximum Gasteiger partial charge on any atom is 0.321 e. The number of urea groups is 1. The van der Waals surface area contributed by atoms with Crippen LogP contribution < -0.4 is 14.8 Å². The molecule has 3 N–H and O–H groups in total. The number of amides is 3. The van der Waals surface area contributed by atoms with Crippen molar-refractivity contribution >= 4 is 33.3 Å². The van der Waals surface area contributed by atoms with Crippen molar-refractivity contribution < 1.29 is 36.8 Å². The highest BCUT2D eigenvalue weighted by Crippen LogP contribution is 2.36. The quantitative estimate of drug-likeness (QED) is 0.353. The zero-order valence-corrected chi connectivity index (χ0v) is 24.7. The molecule has 0 bridgehead atoms. The van der Waals surface area contributed by atoms with Gasteiger partial charge in [0.1, 0.15) is 23.3 Å². The number of ether oxygens (including phenoxy) is 1. The maximum absolute atomic E-state index is 13.7. The number of para-hydroxylation sites is 1. The zero-order valence-electron chi connectivity index (χ0n) is 23.9. The van der Waals surface area contributed by atoms with Gasteiger partial charge in [-0.15, -0.1) is 0 Å². The van der Waals surface area contributed by atoms with Crippen LogP contribution in [0, 0.1) is 25.6 Å². The molecular formula is C28H34FN5O7S. The number of benzene rings is 2. The fourth-order valence-corrected chi connectivity index (χ4v) is 5.64. The third-order valence-corrected chi connectivity index (χ3v) is 8.51. The Morgan fingerprint density at radius 1 is 1.24 bits per heavy atom. The number of hydrogen-bond donors (Lipinski definition) is 3. The van der Waals surface area contributed by atoms with E-state index in [1.165, 1.54) is 28.0 Å². The third-order valence-electron chi connectivity index (χ3n) is 7.13. The molecule has 1 aliphatic heterocycles. The minimum Gasteiger partial charge on any atom is -0.485 e. The van der Waals surface area contributed by atoms with Crippen LogP contribution in [0.5, 0.6) is 5.75 Å². The first-order chi connectivity index (χ1) is 19.8. The van der Waals surface area contributed by atoms with Crippen molar-refractivity contribution in [3.63, 3.8) is 0 Å². The lowest BCUT2D eigenvalue weighted by Gasteiger charge is -2.38. The Bertz CT molecular complexity index is 1540. The summed E-state index contributed by atoms with van der Waals surface area (Å²) >= 11 is 0. The van der Waals surface area contributed by atoms with Crippen LogP contribution >= 0.6 is 0 Å². The molecule has 12 nitrogen and oxygen atoms in total. The van der Waals surface area contributed by atoms with Gasteiger partial charge in [0.05, 0.1) is 35.3 Å². The van der Waals surface area contributed by atoms with Crippen LogP contribution in [0.4, 0.5) is 20.6 Å². The summed E-state index contributed by atoms with van der Waals surface area (Å²) in [7, 11) is -2.62. The highest BCUT2D eigenvalue weighted by Gasteiger charge is 2.35. The van der Waals surface area contributed by atoms with Gasteiger partial charge in [-0.25, -0.2) is 17.6 Å². The monoisotopic (exact) mass is 603 g/mol. The Morgan fingerprint density at radius 3 is 2.55 bits per heavy atom. The Morgan fingerprint density at radius 2 is 1.93 bits per heavy atom. The van der Waals surface area contributed by atoms with Crippen LogP contribution in [0.1, 0.15) is 35.7 Å². The topological polar surface area (TPSA) is 154 Å². The van der Waals surface area contributed by atoms with Gasteiger partial charge in [-0.2, -0.15) is 0 Å². The summed E-state index contributed by atoms with van der Waals surface area (Å²) in [4.78, 5) is 29.5. The summed E-state index contributed by atoms with van der Waals surface area (Å²) in [5.41, 5.74) is 1.04. The second-order valence-electron chi connectivity index (χ2n) is 10.4. The molecule has 226 valence electrons. The molecule has 0 spiro atoms. The number of halogens is 1. The van der Waals surface area contributed by atoms with E-state index in [0.29, 0.717) is 17.1 Å². The number of sulfonamides is 1. The number of aliphatic hydroxyl groups excluding tert-OH is 1. The van der Waals surface area contributed by atoms with Gasteiger partial charge in [0.25, 0.3) is 15.9 Å². The molecule has 3 atom stereocenters. The summed E-state index contributed by atoms with van der Waals surface area (Å²) in [6.07, 6.45) is -0.706. The van der Waals surface area contributed by atoms with E-state index in [4.69, 9.17) is 9.26 Å². The first-order valence-electron chi connectivity index (χ1n) is 13.3. The predicted molar refractivity (Wildman–Crippen MR) is 152 cm³/mol. The third kappa shape index (κ3) is 6.49. The average molecular weight is 604 g/mol. The lowest BCUT2D eigenvalue weighted by atomic mass is 9.99. The Balaban J connectivity index is 1.70. The number of likely N-dealkylation sites (N-methyl/N-ethyl adjacent to an activating group) is 1. The second-order valence-corrected chi connectivity index (χ2v) is 12.1. The van der Waals surface area contributed by atoms with Gasteiger partial charge in [-0.05, 0) is 57.2 Å². The number of hydrogen-bond acceptors (Lipinski definition) is 8. The maximum atomic E-state index is 13.7. The Hall–Kier alpha value is -4.17. The lowest BCUT2D eigenvalue weighted by Crippen LogP contribution is -2.50. The van der Waals surface area contributed by atoms with Crippen LogP contribution in [0.3, 0.4) is 0 Å². The fourth-order valence-electron chi connectivity index (χ4n) is 4.58. The van der Waals surface area contributed by atoms with Gasteiger partial charge >= 0.3 is 6.03 Å². The molecule has 2 heterocycles. The number of fused-ring (bicyclic) bond motifs is 1. The van der Waals surface area contributed by atoms with Crippen molar-refractivity contribution in [2.45, 2.75) is 44.7 Å². The minimum atomic E-state index is -4.19. The van der Waals surface area contributed by atoms with Gasteiger partial charge in [0.2, 0.25) is 0 Å². The van der Waals surface area contributed by atoms with Crippen LogP contribution in [0.15, 0.2) is 51.9 Å². The molecule has 14 heteroatoms. The van der Waals surface area contributed by atoms with Gasteiger partial charge < -0.3 is 29.5 Å². The van der Waals surface area contributed by atoms with Gasteiger partial charge in [-0.1, -0.05) is 18.1 Å². The molecular weight excluding hydrogens is 569 g/mol. The number of aromatic nitrogens is 1. The molecule has 3 aromatic rings. The Labute approximate surface area is 243 Å². The number of nitrogens with one attached hydrogen (secondary N) is 2.